The lowest BCUT2D eigenvalue weighted by Gasteiger charge is -2.25. The van der Waals surface area contributed by atoms with Gasteiger partial charge in [0.2, 0.25) is 0 Å². The van der Waals surface area contributed by atoms with Gasteiger partial charge in [0, 0.05) is 23.5 Å². The van der Waals surface area contributed by atoms with E-state index >= 15 is 0 Å². The first-order chi connectivity index (χ1) is 12.8. The fourth-order valence-electron chi connectivity index (χ4n) is 3.38. The van der Waals surface area contributed by atoms with Gasteiger partial charge in [-0.1, -0.05) is 36.4 Å². The minimum atomic E-state index is 0.0320. The summed E-state index contributed by atoms with van der Waals surface area (Å²) < 4.78 is 11.0. The molecule has 1 aliphatic rings. The molecule has 4 rings (SSSR count). The van der Waals surface area contributed by atoms with Gasteiger partial charge in [0.1, 0.15) is 0 Å². The number of ether oxygens (including phenoxy) is 2. The molecular weight excluding hydrogens is 324 g/mol. The molecule has 0 saturated carbocycles. The molecule has 26 heavy (non-hydrogen) atoms. The van der Waals surface area contributed by atoms with Crippen LogP contribution < -0.4 is 9.47 Å². The van der Waals surface area contributed by atoms with Gasteiger partial charge in [-0.05, 0) is 35.7 Å². The van der Waals surface area contributed by atoms with Crippen LogP contribution in [0.15, 0.2) is 72.0 Å². The Labute approximate surface area is 153 Å². The minimum absolute atomic E-state index is 0.0320. The Balaban J connectivity index is 1.89. The predicted molar refractivity (Wildman–Crippen MR) is 102 cm³/mol. The molecule has 4 heteroatoms. The van der Waals surface area contributed by atoms with Crippen LogP contribution in [-0.4, -0.2) is 24.9 Å². The van der Waals surface area contributed by atoms with Crippen LogP contribution in [0, 0.1) is 0 Å². The SMILES string of the molecule is COc1cc2c(cc1OC)C(c1ccccc1)=NC(c1cccnc1)C2. The minimum Gasteiger partial charge on any atom is -0.493 e. The molecule has 1 unspecified atom stereocenters. The number of hydrogen-bond donors (Lipinski definition) is 0. The van der Waals surface area contributed by atoms with E-state index in [-0.39, 0.29) is 6.04 Å². The zero-order valence-electron chi connectivity index (χ0n) is 14.8. The van der Waals surface area contributed by atoms with Gasteiger partial charge >= 0.3 is 0 Å². The van der Waals surface area contributed by atoms with E-state index in [2.05, 4.69) is 29.2 Å². The van der Waals surface area contributed by atoms with Gasteiger partial charge in [-0.15, -0.1) is 0 Å². The quantitative estimate of drug-likeness (QED) is 0.711. The molecule has 2 heterocycles. The van der Waals surface area contributed by atoms with Gasteiger partial charge < -0.3 is 9.47 Å². The lowest BCUT2D eigenvalue weighted by atomic mass is 9.88. The molecule has 2 aromatic carbocycles. The van der Waals surface area contributed by atoms with Crippen molar-refractivity contribution >= 4 is 5.71 Å². The van der Waals surface area contributed by atoms with Gasteiger partial charge in [0.05, 0.1) is 26.0 Å². The Kier molecular flexibility index (Phi) is 4.40. The molecule has 1 aromatic heterocycles. The summed E-state index contributed by atoms with van der Waals surface area (Å²) in [6.07, 6.45) is 4.48. The van der Waals surface area contributed by atoms with E-state index in [4.69, 9.17) is 14.5 Å². The van der Waals surface area contributed by atoms with Crippen LogP contribution >= 0.6 is 0 Å². The van der Waals surface area contributed by atoms with Crippen LogP contribution in [0.25, 0.3) is 0 Å². The third-order valence-electron chi connectivity index (χ3n) is 4.68. The summed E-state index contributed by atoms with van der Waals surface area (Å²) in [5, 5.41) is 0. The first-order valence-corrected chi connectivity index (χ1v) is 8.58. The third kappa shape index (κ3) is 2.94. The molecule has 3 aromatic rings. The average molecular weight is 344 g/mol. The van der Waals surface area contributed by atoms with E-state index in [0.29, 0.717) is 0 Å². The Morgan fingerprint density at radius 3 is 2.38 bits per heavy atom. The maximum Gasteiger partial charge on any atom is 0.161 e. The average Bonchev–Trinajstić information content (AvgIpc) is 2.73. The van der Waals surface area contributed by atoms with Crippen LogP contribution in [0.1, 0.15) is 28.3 Å². The second kappa shape index (κ2) is 7.00. The molecule has 0 radical (unpaired) electrons. The van der Waals surface area contributed by atoms with Crippen LogP contribution in [0.3, 0.4) is 0 Å². The molecule has 0 spiro atoms. The van der Waals surface area contributed by atoms with Gasteiger partial charge in [-0.3, -0.25) is 9.98 Å². The largest absolute Gasteiger partial charge is 0.493 e. The number of rotatable bonds is 4. The molecule has 1 atom stereocenters. The van der Waals surface area contributed by atoms with E-state index < -0.39 is 0 Å². The number of aliphatic imine (C=N–C) groups is 1. The standard InChI is InChI=1S/C22H20N2O2/c1-25-20-12-17-11-19(16-9-6-10-23-14-16)24-22(15-7-4-3-5-8-15)18(17)13-21(20)26-2/h3-10,12-14,19H,11H2,1-2H3. The van der Waals surface area contributed by atoms with Crippen molar-refractivity contribution in [2.24, 2.45) is 4.99 Å². The zero-order chi connectivity index (χ0) is 17.9. The molecule has 0 fully saturated rings. The number of methoxy groups -OCH3 is 2. The second-order valence-corrected chi connectivity index (χ2v) is 6.21. The van der Waals surface area contributed by atoms with E-state index in [1.807, 2.05) is 36.5 Å². The summed E-state index contributed by atoms with van der Waals surface area (Å²) in [6.45, 7) is 0. The van der Waals surface area contributed by atoms with Crippen molar-refractivity contribution in [3.05, 3.63) is 89.2 Å². The highest BCUT2D eigenvalue weighted by atomic mass is 16.5. The van der Waals surface area contributed by atoms with Crippen molar-refractivity contribution in [2.45, 2.75) is 12.5 Å². The summed E-state index contributed by atoms with van der Waals surface area (Å²) in [7, 11) is 3.32. The highest BCUT2D eigenvalue weighted by molar-refractivity contribution is 6.14. The Morgan fingerprint density at radius 1 is 0.923 bits per heavy atom. The van der Waals surface area contributed by atoms with Crippen molar-refractivity contribution in [1.82, 2.24) is 4.98 Å². The first-order valence-electron chi connectivity index (χ1n) is 8.58. The van der Waals surface area contributed by atoms with E-state index in [9.17, 15) is 0 Å². The number of fused-ring (bicyclic) bond motifs is 1. The monoisotopic (exact) mass is 344 g/mol. The summed E-state index contributed by atoms with van der Waals surface area (Å²) in [5.74, 6) is 1.46. The van der Waals surface area contributed by atoms with Crippen molar-refractivity contribution in [3.63, 3.8) is 0 Å². The van der Waals surface area contributed by atoms with Gasteiger partial charge in [-0.2, -0.15) is 0 Å². The van der Waals surface area contributed by atoms with Crippen molar-refractivity contribution in [3.8, 4) is 11.5 Å². The highest BCUT2D eigenvalue weighted by Gasteiger charge is 2.25. The molecular formula is C22H20N2O2. The third-order valence-corrected chi connectivity index (χ3v) is 4.68. The van der Waals surface area contributed by atoms with Crippen molar-refractivity contribution < 1.29 is 9.47 Å². The second-order valence-electron chi connectivity index (χ2n) is 6.21. The molecule has 0 amide bonds. The molecule has 4 nitrogen and oxygen atoms in total. The molecule has 0 aliphatic carbocycles. The fraction of sp³-hybridized carbons (Fsp3) is 0.182. The predicted octanol–water partition coefficient (Wildman–Crippen LogP) is 4.23. The zero-order valence-corrected chi connectivity index (χ0v) is 14.8. The summed E-state index contributed by atoms with van der Waals surface area (Å²) in [6, 6.07) is 18.4. The van der Waals surface area contributed by atoms with Crippen LogP contribution in [-0.2, 0) is 6.42 Å². The van der Waals surface area contributed by atoms with Gasteiger partial charge in [0.25, 0.3) is 0 Å². The Morgan fingerprint density at radius 2 is 1.69 bits per heavy atom. The van der Waals surface area contributed by atoms with E-state index in [1.165, 1.54) is 5.56 Å². The lowest BCUT2D eigenvalue weighted by molar-refractivity contribution is 0.354. The molecule has 0 bridgehead atoms. The topological polar surface area (TPSA) is 43.7 Å². The van der Waals surface area contributed by atoms with Gasteiger partial charge in [0.15, 0.2) is 11.5 Å². The normalized spacial score (nSPS) is 15.8. The van der Waals surface area contributed by atoms with Crippen LogP contribution in [0.5, 0.6) is 11.5 Å². The molecule has 0 saturated heterocycles. The number of benzene rings is 2. The Bertz CT molecular complexity index is 937. The number of pyridine rings is 1. The Hall–Kier alpha value is -3.14. The van der Waals surface area contributed by atoms with E-state index in [0.717, 1.165) is 40.3 Å². The lowest BCUT2D eigenvalue weighted by Crippen LogP contribution is -2.18. The summed E-state index contributed by atoms with van der Waals surface area (Å²) >= 11 is 0. The van der Waals surface area contributed by atoms with Crippen LogP contribution in [0.4, 0.5) is 0 Å². The first kappa shape index (κ1) is 16.3. The van der Waals surface area contributed by atoms with Crippen molar-refractivity contribution in [2.75, 3.05) is 14.2 Å². The number of nitrogens with zero attached hydrogens (tertiary/aromatic N) is 2. The van der Waals surface area contributed by atoms with Crippen molar-refractivity contribution in [1.29, 1.82) is 0 Å². The van der Waals surface area contributed by atoms with E-state index in [1.54, 1.807) is 20.4 Å². The molecule has 130 valence electrons. The number of hydrogen-bond acceptors (Lipinski definition) is 4. The highest BCUT2D eigenvalue weighted by Crippen LogP contribution is 2.38. The summed E-state index contributed by atoms with van der Waals surface area (Å²) in [4.78, 5) is 9.34. The number of aromatic nitrogens is 1. The summed E-state index contributed by atoms with van der Waals surface area (Å²) in [5.41, 5.74) is 5.47. The maximum atomic E-state index is 5.51. The van der Waals surface area contributed by atoms with Crippen LogP contribution in [0.2, 0.25) is 0 Å². The molecule has 1 aliphatic heterocycles. The smallest absolute Gasteiger partial charge is 0.161 e. The van der Waals surface area contributed by atoms with Gasteiger partial charge in [-0.25, -0.2) is 0 Å². The maximum absolute atomic E-state index is 5.51. The fourth-order valence-corrected chi connectivity index (χ4v) is 3.38. The molecule has 0 N–H and O–H groups in total.